The normalized spacial score (nSPS) is 19.4. The Balaban J connectivity index is 1.17. The fourth-order valence-electron chi connectivity index (χ4n) is 5.84. The SMILES string of the molecule is C[C@@H](OC(C)(C)C)[C@@H](COC1CCCC(C(=O)OCc2ccccc2)O1)NC(=O)OCC1c2ccccc2-c2ccccc21. The van der Waals surface area contributed by atoms with Gasteiger partial charge in [-0.3, -0.25) is 0 Å². The van der Waals surface area contributed by atoms with E-state index >= 15 is 0 Å². The lowest BCUT2D eigenvalue weighted by molar-refractivity contribution is -0.214. The average Bonchev–Trinajstić information content (AvgIpc) is 3.34. The van der Waals surface area contributed by atoms with Crippen LogP contribution >= 0.6 is 0 Å². The summed E-state index contributed by atoms with van der Waals surface area (Å²) in [6, 6.07) is 25.5. The summed E-state index contributed by atoms with van der Waals surface area (Å²) in [5.74, 6) is -0.444. The Morgan fingerprint density at radius 1 is 0.886 bits per heavy atom. The fraction of sp³-hybridized carbons (Fsp3) is 0.444. The minimum absolute atomic E-state index is 0.0414. The number of esters is 1. The minimum atomic E-state index is -0.700. The largest absolute Gasteiger partial charge is 0.459 e. The molecule has 1 aliphatic heterocycles. The number of benzene rings is 3. The molecule has 0 spiro atoms. The van der Waals surface area contributed by atoms with Crippen molar-refractivity contribution >= 4 is 12.1 Å². The van der Waals surface area contributed by atoms with E-state index in [4.69, 9.17) is 23.7 Å². The van der Waals surface area contributed by atoms with E-state index in [1.807, 2.05) is 82.3 Å². The molecule has 2 unspecified atom stereocenters. The smallest absolute Gasteiger partial charge is 0.407 e. The fourth-order valence-corrected chi connectivity index (χ4v) is 5.84. The van der Waals surface area contributed by atoms with Gasteiger partial charge in [0.15, 0.2) is 12.4 Å². The first-order valence-corrected chi connectivity index (χ1v) is 15.4. The van der Waals surface area contributed by atoms with E-state index in [0.717, 1.165) is 23.1 Å². The number of carbonyl (C=O) groups excluding carboxylic acids is 2. The second-order valence-electron chi connectivity index (χ2n) is 12.4. The van der Waals surface area contributed by atoms with Crippen molar-refractivity contribution in [3.8, 4) is 11.1 Å². The topological polar surface area (TPSA) is 92.3 Å². The maximum atomic E-state index is 13.1. The Labute approximate surface area is 260 Å². The Morgan fingerprint density at radius 3 is 2.18 bits per heavy atom. The van der Waals surface area contributed by atoms with Gasteiger partial charge in [-0.1, -0.05) is 78.9 Å². The quantitative estimate of drug-likeness (QED) is 0.243. The third-order valence-corrected chi connectivity index (χ3v) is 7.92. The molecule has 1 N–H and O–H groups in total. The number of hydrogen-bond acceptors (Lipinski definition) is 7. The van der Waals surface area contributed by atoms with Crippen LogP contribution in [0, 0.1) is 0 Å². The van der Waals surface area contributed by atoms with Crippen molar-refractivity contribution in [2.75, 3.05) is 13.2 Å². The molecule has 2 aliphatic rings. The average molecular weight is 602 g/mol. The third kappa shape index (κ3) is 8.25. The first kappa shape index (κ1) is 31.7. The molecule has 8 nitrogen and oxygen atoms in total. The number of alkyl carbamates (subject to hydrolysis) is 1. The van der Waals surface area contributed by atoms with E-state index in [2.05, 4.69) is 29.6 Å². The van der Waals surface area contributed by atoms with Crippen LogP contribution in [0.25, 0.3) is 11.1 Å². The van der Waals surface area contributed by atoms with E-state index in [-0.39, 0.29) is 31.8 Å². The Hall–Kier alpha value is -3.72. The zero-order chi connectivity index (χ0) is 31.1. The minimum Gasteiger partial charge on any atom is -0.459 e. The molecule has 3 aromatic carbocycles. The molecule has 234 valence electrons. The van der Waals surface area contributed by atoms with Crippen LogP contribution < -0.4 is 5.32 Å². The van der Waals surface area contributed by atoms with Gasteiger partial charge in [-0.05, 0) is 74.8 Å². The van der Waals surface area contributed by atoms with Crippen molar-refractivity contribution in [3.63, 3.8) is 0 Å². The highest BCUT2D eigenvalue weighted by molar-refractivity contribution is 5.79. The molecule has 3 aromatic rings. The van der Waals surface area contributed by atoms with Crippen LogP contribution in [0.3, 0.4) is 0 Å². The first-order valence-electron chi connectivity index (χ1n) is 15.4. The Bertz CT molecular complexity index is 1360. The molecule has 8 heteroatoms. The number of amides is 1. The summed E-state index contributed by atoms with van der Waals surface area (Å²) in [7, 11) is 0. The molecule has 1 aliphatic carbocycles. The van der Waals surface area contributed by atoms with Gasteiger partial charge in [0, 0.05) is 5.92 Å². The molecule has 0 radical (unpaired) electrons. The van der Waals surface area contributed by atoms with Gasteiger partial charge in [-0.25, -0.2) is 9.59 Å². The van der Waals surface area contributed by atoms with Crippen molar-refractivity contribution in [2.24, 2.45) is 0 Å². The molecule has 1 heterocycles. The van der Waals surface area contributed by atoms with Crippen molar-refractivity contribution in [3.05, 3.63) is 95.6 Å². The molecule has 0 bridgehead atoms. The molecule has 5 rings (SSSR count). The van der Waals surface area contributed by atoms with Gasteiger partial charge in [-0.2, -0.15) is 0 Å². The van der Waals surface area contributed by atoms with Crippen molar-refractivity contribution in [1.29, 1.82) is 0 Å². The van der Waals surface area contributed by atoms with Crippen LogP contribution in [-0.2, 0) is 35.1 Å². The van der Waals surface area contributed by atoms with E-state index in [1.54, 1.807) is 0 Å². The highest BCUT2D eigenvalue weighted by atomic mass is 16.7. The highest BCUT2D eigenvalue weighted by Gasteiger charge is 2.33. The summed E-state index contributed by atoms with van der Waals surface area (Å²) < 4.78 is 29.6. The molecule has 0 aromatic heterocycles. The Morgan fingerprint density at radius 2 is 1.52 bits per heavy atom. The Kier molecular flexibility index (Phi) is 10.4. The molecule has 44 heavy (non-hydrogen) atoms. The molecule has 1 amide bonds. The van der Waals surface area contributed by atoms with E-state index in [1.165, 1.54) is 11.1 Å². The molecule has 4 atom stereocenters. The summed E-state index contributed by atoms with van der Waals surface area (Å²) in [4.78, 5) is 25.9. The van der Waals surface area contributed by atoms with E-state index in [9.17, 15) is 9.59 Å². The van der Waals surface area contributed by atoms with Crippen LogP contribution in [0.5, 0.6) is 0 Å². The highest BCUT2D eigenvalue weighted by Crippen LogP contribution is 2.44. The summed E-state index contributed by atoms with van der Waals surface area (Å²) in [5.41, 5.74) is 5.12. The standard InChI is InChI=1S/C36H43NO7/c1-24(44-36(2,3)4)31(23-40-33-20-12-19-32(43-33)34(38)41-21-25-13-6-5-7-14-25)37-35(39)42-22-30-28-17-10-8-15-26(28)27-16-9-11-18-29(27)30/h5-11,13-18,24,30-33H,12,19-23H2,1-4H3,(H,37,39)/t24-,31-,32?,33?/m1/s1. The summed E-state index contributed by atoms with van der Waals surface area (Å²) in [5, 5.41) is 2.96. The second-order valence-corrected chi connectivity index (χ2v) is 12.4. The van der Waals surface area contributed by atoms with E-state index < -0.39 is 36.1 Å². The number of ether oxygens (including phenoxy) is 5. The molecule has 1 fully saturated rings. The van der Waals surface area contributed by atoms with Crippen LogP contribution in [0.15, 0.2) is 78.9 Å². The second kappa shape index (κ2) is 14.4. The first-order chi connectivity index (χ1) is 21.2. The van der Waals surface area contributed by atoms with Gasteiger partial charge < -0.3 is 29.0 Å². The summed E-state index contributed by atoms with van der Waals surface area (Å²) >= 11 is 0. The maximum Gasteiger partial charge on any atom is 0.407 e. The summed E-state index contributed by atoms with van der Waals surface area (Å²) in [6.45, 7) is 8.31. The van der Waals surface area contributed by atoms with Crippen molar-refractivity contribution in [2.45, 2.75) is 89.6 Å². The number of carbonyl (C=O) groups is 2. The molecular formula is C36H43NO7. The van der Waals surface area contributed by atoms with Gasteiger partial charge in [0.05, 0.1) is 24.4 Å². The third-order valence-electron chi connectivity index (χ3n) is 7.92. The molecule has 1 saturated heterocycles. The number of hydrogen-bond donors (Lipinski definition) is 1. The van der Waals surface area contributed by atoms with Crippen LogP contribution in [0.4, 0.5) is 4.79 Å². The zero-order valence-corrected chi connectivity index (χ0v) is 26.0. The lowest BCUT2D eigenvalue weighted by atomic mass is 9.98. The lowest BCUT2D eigenvalue weighted by Crippen LogP contribution is -2.49. The van der Waals surface area contributed by atoms with Gasteiger partial charge >= 0.3 is 12.1 Å². The van der Waals surface area contributed by atoms with Gasteiger partial charge in [0.1, 0.15) is 13.2 Å². The van der Waals surface area contributed by atoms with Gasteiger partial charge in [0.25, 0.3) is 0 Å². The predicted molar refractivity (Wildman–Crippen MR) is 167 cm³/mol. The van der Waals surface area contributed by atoms with Crippen LogP contribution in [-0.4, -0.2) is 55.4 Å². The maximum absolute atomic E-state index is 13.1. The van der Waals surface area contributed by atoms with Gasteiger partial charge in [0.2, 0.25) is 0 Å². The monoisotopic (exact) mass is 601 g/mol. The van der Waals surface area contributed by atoms with Crippen molar-refractivity contribution < 1.29 is 33.3 Å². The van der Waals surface area contributed by atoms with Crippen LogP contribution in [0.1, 0.15) is 69.6 Å². The molecular weight excluding hydrogens is 558 g/mol. The molecule has 0 saturated carbocycles. The van der Waals surface area contributed by atoms with E-state index in [0.29, 0.717) is 12.8 Å². The summed E-state index contributed by atoms with van der Waals surface area (Å²) in [6.07, 6.45) is -0.273. The number of rotatable bonds is 11. The van der Waals surface area contributed by atoms with Crippen LogP contribution in [0.2, 0.25) is 0 Å². The predicted octanol–water partition coefficient (Wildman–Crippen LogP) is 6.75. The zero-order valence-electron chi connectivity index (χ0n) is 26.0. The lowest BCUT2D eigenvalue weighted by Gasteiger charge is -2.33. The van der Waals surface area contributed by atoms with Gasteiger partial charge in [-0.15, -0.1) is 0 Å². The number of fused-ring (bicyclic) bond motifs is 3. The number of nitrogens with one attached hydrogen (secondary N) is 1. The van der Waals surface area contributed by atoms with Crippen molar-refractivity contribution in [1.82, 2.24) is 5.32 Å².